The molecule has 0 radical (unpaired) electrons. The molecule has 148 valence electrons. The molecule has 8 heteroatoms. The molecule has 2 N–H and O–H groups in total. The van der Waals surface area contributed by atoms with Crippen molar-refractivity contribution in [2.45, 2.75) is 27.3 Å². The van der Waals surface area contributed by atoms with Crippen LogP contribution in [-0.2, 0) is 11.3 Å². The van der Waals surface area contributed by atoms with Gasteiger partial charge in [0.25, 0.3) is 11.5 Å². The number of carbonyl (C=O) groups is 1. The van der Waals surface area contributed by atoms with Crippen molar-refractivity contribution in [3.8, 4) is 0 Å². The molecular formula is C20H25N5O3. The Bertz CT molecular complexity index is 1160. The molecule has 3 aromatic rings. The Kier molecular flexibility index (Phi) is 5.60. The molecule has 0 spiro atoms. The average Bonchev–Trinajstić information content (AvgIpc) is 2.66. The van der Waals surface area contributed by atoms with Crippen molar-refractivity contribution in [1.82, 2.24) is 19.3 Å². The number of rotatable bonds is 6. The molecular weight excluding hydrogens is 358 g/mol. The van der Waals surface area contributed by atoms with Crippen molar-refractivity contribution in [2.24, 2.45) is 5.92 Å². The van der Waals surface area contributed by atoms with Crippen molar-refractivity contribution in [1.29, 1.82) is 5.41 Å². The summed E-state index contributed by atoms with van der Waals surface area (Å²) in [5, 5.41) is 11.7. The van der Waals surface area contributed by atoms with Crippen LogP contribution in [0.3, 0.4) is 0 Å². The number of ether oxygens (including phenoxy) is 1. The van der Waals surface area contributed by atoms with Crippen LogP contribution in [0.5, 0.6) is 0 Å². The lowest BCUT2D eigenvalue weighted by molar-refractivity contribution is 0.0946. The second-order valence-corrected chi connectivity index (χ2v) is 7.19. The molecule has 0 atom stereocenters. The van der Waals surface area contributed by atoms with Crippen LogP contribution in [0.25, 0.3) is 16.7 Å². The summed E-state index contributed by atoms with van der Waals surface area (Å²) in [5.41, 5.74) is 1.65. The molecule has 0 aromatic carbocycles. The zero-order valence-electron chi connectivity index (χ0n) is 16.6. The first kappa shape index (κ1) is 19.8. The fourth-order valence-corrected chi connectivity index (χ4v) is 3.06. The van der Waals surface area contributed by atoms with Crippen LogP contribution in [0.4, 0.5) is 0 Å². The van der Waals surface area contributed by atoms with E-state index in [1.54, 1.807) is 23.9 Å². The van der Waals surface area contributed by atoms with Gasteiger partial charge in [-0.05, 0) is 30.5 Å². The quantitative estimate of drug-likeness (QED) is 0.629. The van der Waals surface area contributed by atoms with Crippen LogP contribution in [0.15, 0.2) is 29.2 Å². The van der Waals surface area contributed by atoms with Gasteiger partial charge in [0.15, 0.2) is 0 Å². The van der Waals surface area contributed by atoms with Crippen molar-refractivity contribution < 1.29 is 9.53 Å². The number of hydrogen-bond acceptors (Lipinski definition) is 5. The van der Waals surface area contributed by atoms with Crippen LogP contribution in [0.1, 0.15) is 29.8 Å². The number of aryl methyl sites for hydroxylation is 1. The second kappa shape index (κ2) is 7.93. The molecule has 3 rings (SSSR count). The van der Waals surface area contributed by atoms with E-state index in [2.05, 4.69) is 10.3 Å². The number of pyridine rings is 2. The van der Waals surface area contributed by atoms with Gasteiger partial charge in [-0.2, -0.15) is 0 Å². The smallest absolute Gasteiger partial charge is 0.267 e. The summed E-state index contributed by atoms with van der Waals surface area (Å²) in [5.74, 6) is -0.0982. The monoisotopic (exact) mass is 383 g/mol. The van der Waals surface area contributed by atoms with E-state index >= 15 is 0 Å². The molecule has 3 heterocycles. The molecule has 0 fully saturated rings. The van der Waals surface area contributed by atoms with Gasteiger partial charge in [-0.1, -0.05) is 19.9 Å². The minimum Gasteiger partial charge on any atom is -0.383 e. The molecule has 8 nitrogen and oxygen atoms in total. The van der Waals surface area contributed by atoms with Gasteiger partial charge in [-0.25, -0.2) is 4.98 Å². The molecule has 3 aromatic heterocycles. The maximum Gasteiger partial charge on any atom is 0.267 e. The molecule has 1 amide bonds. The topological polar surface area (TPSA) is 101 Å². The van der Waals surface area contributed by atoms with E-state index in [0.29, 0.717) is 36.4 Å². The number of nitrogens with one attached hydrogen (secondary N) is 2. The van der Waals surface area contributed by atoms with Gasteiger partial charge in [-0.15, -0.1) is 0 Å². The first-order chi connectivity index (χ1) is 13.3. The Morgan fingerprint density at radius 2 is 2.11 bits per heavy atom. The molecule has 0 unspecified atom stereocenters. The highest BCUT2D eigenvalue weighted by Crippen LogP contribution is 2.12. The number of amides is 1. The first-order valence-corrected chi connectivity index (χ1v) is 9.22. The van der Waals surface area contributed by atoms with E-state index in [1.165, 1.54) is 10.5 Å². The highest BCUT2D eigenvalue weighted by atomic mass is 16.5. The third-order valence-electron chi connectivity index (χ3n) is 4.57. The number of fused-ring (bicyclic) bond motifs is 2. The summed E-state index contributed by atoms with van der Waals surface area (Å²) in [6, 6.07) is 5.13. The van der Waals surface area contributed by atoms with Gasteiger partial charge < -0.3 is 14.6 Å². The van der Waals surface area contributed by atoms with Crippen LogP contribution >= 0.6 is 0 Å². The summed E-state index contributed by atoms with van der Waals surface area (Å²) < 4.78 is 8.19. The molecule has 0 bridgehead atoms. The summed E-state index contributed by atoms with van der Waals surface area (Å²) >= 11 is 0. The SMILES string of the molecule is COCCn1c(=N)c(C(=O)NCC(C)C)cc2c(=O)n3cccc(C)c3nc21. The van der Waals surface area contributed by atoms with Crippen LogP contribution in [0, 0.1) is 18.3 Å². The molecule has 28 heavy (non-hydrogen) atoms. The predicted molar refractivity (Wildman–Crippen MR) is 107 cm³/mol. The van der Waals surface area contributed by atoms with Crippen LogP contribution in [0.2, 0.25) is 0 Å². The van der Waals surface area contributed by atoms with E-state index in [-0.39, 0.29) is 28.4 Å². The maximum atomic E-state index is 13.1. The lowest BCUT2D eigenvalue weighted by Crippen LogP contribution is -2.36. The molecule has 0 aliphatic rings. The van der Waals surface area contributed by atoms with E-state index in [4.69, 9.17) is 10.1 Å². The highest BCUT2D eigenvalue weighted by molar-refractivity contribution is 5.96. The summed E-state index contributed by atoms with van der Waals surface area (Å²) in [6.45, 7) is 6.99. The van der Waals surface area contributed by atoms with E-state index in [0.717, 1.165) is 5.56 Å². The number of methoxy groups -OCH3 is 1. The van der Waals surface area contributed by atoms with E-state index in [9.17, 15) is 9.59 Å². The third-order valence-corrected chi connectivity index (χ3v) is 4.57. The lowest BCUT2D eigenvalue weighted by Gasteiger charge is -2.15. The third kappa shape index (κ3) is 3.55. The van der Waals surface area contributed by atoms with Crippen molar-refractivity contribution in [3.05, 3.63) is 51.4 Å². The number of nitrogens with zero attached hydrogens (tertiary/aromatic N) is 3. The number of aromatic nitrogens is 3. The first-order valence-electron chi connectivity index (χ1n) is 9.22. The number of carbonyl (C=O) groups excluding carboxylic acids is 1. The van der Waals surface area contributed by atoms with Crippen molar-refractivity contribution in [3.63, 3.8) is 0 Å². The Hall–Kier alpha value is -3.00. The Balaban J connectivity index is 2.32. The van der Waals surface area contributed by atoms with Gasteiger partial charge in [0.2, 0.25) is 0 Å². The Morgan fingerprint density at radius 3 is 2.79 bits per heavy atom. The van der Waals surface area contributed by atoms with Crippen LogP contribution < -0.4 is 16.4 Å². The summed E-state index contributed by atoms with van der Waals surface area (Å²) in [6.07, 6.45) is 1.66. The van der Waals surface area contributed by atoms with E-state index in [1.807, 2.05) is 26.8 Å². The zero-order chi connectivity index (χ0) is 20.4. The van der Waals surface area contributed by atoms with Gasteiger partial charge >= 0.3 is 0 Å². The fourth-order valence-electron chi connectivity index (χ4n) is 3.06. The van der Waals surface area contributed by atoms with Crippen molar-refractivity contribution in [2.75, 3.05) is 20.3 Å². The van der Waals surface area contributed by atoms with Gasteiger partial charge in [0.1, 0.15) is 16.8 Å². The minimum absolute atomic E-state index is 0.00985. The van der Waals surface area contributed by atoms with Gasteiger partial charge in [0.05, 0.1) is 17.6 Å². The minimum atomic E-state index is -0.375. The predicted octanol–water partition coefficient (Wildman–Crippen LogP) is 1.47. The normalized spacial score (nSPS) is 11.5. The number of hydrogen-bond donors (Lipinski definition) is 2. The Labute approximate surface area is 162 Å². The largest absolute Gasteiger partial charge is 0.383 e. The van der Waals surface area contributed by atoms with E-state index < -0.39 is 0 Å². The van der Waals surface area contributed by atoms with Crippen LogP contribution in [-0.4, -0.2) is 40.1 Å². The van der Waals surface area contributed by atoms with Gasteiger partial charge in [-0.3, -0.25) is 19.4 Å². The molecule has 0 saturated carbocycles. The maximum absolute atomic E-state index is 13.1. The highest BCUT2D eigenvalue weighted by Gasteiger charge is 2.18. The molecule has 0 aliphatic heterocycles. The standard InChI is InChI=1S/C20H25N5O3/c1-12(2)11-22-19(26)14-10-15-18(24(16(14)21)8-9-28-4)23-17-13(3)6-5-7-25(17)20(15)27/h5-7,10,12,21H,8-9,11H2,1-4H3,(H,22,26). The lowest BCUT2D eigenvalue weighted by atomic mass is 10.1. The summed E-state index contributed by atoms with van der Waals surface area (Å²) in [4.78, 5) is 30.4. The average molecular weight is 383 g/mol. The van der Waals surface area contributed by atoms with Crippen molar-refractivity contribution >= 4 is 22.6 Å². The fraction of sp³-hybridized carbons (Fsp3) is 0.400. The zero-order valence-corrected chi connectivity index (χ0v) is 16.6. The molecule has 0 saturated heterocycles. The summed E-state index contributed by atoms with van der Waals surface area (Å²) in [7, 11) is 1.56. The second-order valence-electron chi connectivity index (χ2n) is 7.19. The molecule has 0 aliphatic carbocycles. The van der Waals surface area contributed by atoms with Gasteiger partial charge in [0, 0.05) is 26.4 Å². The Morgan fingerprint density at radius 1 is 1.36 bits per heavy atom.